The molecule has 0 saturated heterocycles. The fraction of sp³-hybridized carbons (Fsp3) is 0.643. The molecule has 6 nitrogen and oxygen atoms in total. The molecule has 0 bridgehead atoms. The van der Waals surface area contributed by atoms with Crippen molar-refractivity contribution in [3.05, 3.63) is 10.6 Å². The second kappa shape index (κ2) is 6.89. The molecule has 0 aromatic carbocycles. The van der Waals surface area contributed by atoms with Gasteiger partial charge in [-0.3, -0.25) is 10.1 Å². The monoisotopic (exact) mass is 313 g/mol. The zero-order valence-electron chi connectivity index (χ0n) is 13.2. The van der Waals surface area contributed by atoms with Crippen molar-refractivity contribution in [2.75, 3.05) is 11.9 Å². The molecular formula is C14H23N3O3S. The zero-order chi connectivity index (χ0) is 16.2. The van der Waals surface area contributed by atoms with Gasteiger partial charge in [0.2, 0.25) is 0 Å². The Hall–Kier alpha value is -1.63. The number of nitrogens with zero attached hydrogens (tertiary/aromatic N) is 2. The third-order valence-corrected chi connectivity index (χ3v) is 3.97. The van der Waals surface area contributed by atoms with Crippen molar-refractivity contribution in [3.8, 4) is 0 Å². The van der Waals surface area contributed by atoms with Crippen molar-refractivity contribution in [1.82, 2.24) is 9.88 Å². The summed E-state index contributed by atoms with van der Waals surface area (Å²) in [6.45, 7) is 9.77. The quantitative estimate of drug-likeness (QED) is 0.875. The Kier molecular flexibility index (Phi) is 5.71. The second-order valence-electron chi connectivity index (χ2n) is 5.77. The van der Waals surface area contributed by atoms with Crippen molar-refractivity contribution in [1.29, 1.82) is 0 Å². The summed E-state index contributed by atoms with van der Waals surface area (Å²) in [6.07, 6.45) is 0.738. The fourth-order valence-corrected chi connectivity index (χ4v) is 2.81. The van der Waals surface area contributed by atoms with E-state index in [2.05, 4.69) is 10.3 Å². The van der Waals surface area contributed by atoms with Gasteiger partial charge >= 0.3 is 12.0 Å². The van der Waals surface area contributed by atoms with Crippen LogP contribution in [0, 0.1) is 6.92 Å². The van der Waals surface area contributed by atoms with Gasteiger partial charge in [0, 0.05) is 17.0 Å². The molecule has 0 unspecified atom stereocenters. The Morgan fingerprint density at radius 2 is 2.00 bits per heavy atom. The predicted molar refractivity (Wildman–Crippen MR) is 84.0 cm³/mol. The number of thiazole rings is 1. The maximum absolute atomic E-state index is 12.4. The molecule has 1 aromatic heterocycles. The number of carboxylic acid groups (broad SMARTS) is 1. The SMILES string of the molecule is CCc1nc(NC(=O)N(CCC(=O)O)C(C)(C)C)sc1C. The van der Waals surface area contributed by atoms with Gasteiger partial charge in [-0.15, -0.1) is 11.3 Å². The maximum Gasteiger partial charge on any atom is 0.324 e. The lowest BCUT2D eigenvalue weighted by Gasteiger charge is -2.35. The molecule has 0 saturated carbocycles. The molecule has 1 aromatic rings. The number of nitrogens with one attached hydrogen (secondary N) is 1. The highest BCUT2D eigenvalue weighted by Gasteiger charge is 2.27. The number of aryl methyl sites for hydroxylation is 2. The third kappa shape index (κ3) is 5.00. The normalized spacial score (nSPS) is 11.3. The highest BCUT2D eigenvalue weighted by molar-refractivity contribution is 7.15. The summed E-state index contributed by atoms with van der Waals surface area (Å²) >= 11 is 1.43. The number of aromatic nitrogens is 1. The van der Waals surface area contributed by atoms with Crippen LogP contribution in [-0.2, 0) is 11.2 Å². The van der Waals surface area contributed by atoms with Gasteiger partial charge in [0.25, 0.3) is 0 Å². The van der Waals surface area contributed by atoms with Gasteiger partial charge in [0.05, 0.1) is 12.1 Å². The van der Waals surface area contributed by atoms with Crippen LogP contribution in [0.15, 0.2) is 0 Å². The third-order valence-electron chi connectivity index (χ3n) is 3.05. The average Bonchev–Trinajstić information content (AvgIpc) is 2.67. The topological polar surface area (TPSA) is 82.5 Å². The van der Waals surface area contributed by atoms with Gasteiger partial charge in [0.1, 0.15) is 0 Å². The molecule has 0 aliphatic heterocycles. The van der Waals surface area contributed by atoms with Crippen LogP contribution in [0.5, 0.6) is 0 Å². The Bertz CT molecular complexity index is 520. The van der Waals surface area contributed by atoms with E-state index in [0.29, 0.717) is 5.13 Å². The number of urea groups is 1. The van der Waals surface area contributed by atoms with Crippen LogP contribution in [0.4, 0.5) is 9.93 Å². The van der Waals surface area contributed by atoms with Crippen LogP contribution in [-0.4, -0.2) is 39.1 Å². The molecule has 1 heterocycles. The summed E-state index contributed by atoms with van der Waals surface area (Å²) < 4.78 is 0. The largest absolute Gasteiger partial charge is 0.481 e. The molecule has 0 atom stereocenters. The molecule has 118 valence electrons. The van der Waals surface area contributed by atoms with Crippen molar-refractivity contribution in [3.63, 3.8) is 0 Å². The smallest absolute Gasteiger partial charge is 0.324 e. The summed E-state index contributed by atoms with van der Waals surface area (Å²) in [5.74, 6) is -0.921. The molecule has 0 aliphatic rings. The number of anilines is 1. The van der Waals surface area contributed by atoms with Crippen LogP contribution in [0.2, 0.25) is 0 Å². The minimum Gasteiger partial charge on any atom is -0.481 e. The van der Waals surface area contributed by atoms with E-state index in [-0.39, 0.29) is 19.0 Å². The number of rotatable bonds is 5. The summed E-state index contributed by atoms with van der Waals surface area (Å²) in [5.41, 5.74) is 0.516. The first-order chi connectivity index (χ1) is 9.65. The summed E-state index contributed by atoms with van der Waals surface area (Å²) in [5, 5.41) is 12.1. The van der Waals surface area contributed by atoms with E-state index in [1.807, 2.05) is 34.6 Å². The van der Waals surface area contributed by atoms with E-state index in [4.69, 9.17) is 5.11 Å². The number of hydrogen-bond acceptors (Lipinski definition) is 4. The molecule has 2 N–H and O–H groups in total. The van der Waals surface area contributed by atoms with E-state index in [9.17, 15) is 9.59 Å². The minimum atomic E-state index is -0.921. The molecule has 21 heavy (non-hydrogen) atoms. The molecule has 0 radical (unpaired) electrons. The molecular weight excluding hydrogens is 290 g/mol. The van der Waals surface area contributed by atoms with Crippen LogP contribution in [0.25, 0.3) is 0 Å². The molecule has 2 amide bonds. The van der Waals surface area contributed by atoms with Gasteiger partial charge < -0.3 is 10.0 Å². The molecule has 0 aliphatic carbocycles. The lowest BCUT2D eigenvalue weighted by atomic mass is 10.1. The van der Waals surface area contributed by atoms with Crippen LogP contribution in [0.3, 0.4) is 0 Å². The molecule has 0 spiro atoms. The Balaban J connectivity index is 2.82. The van der Waals surface area contributed by atoms with Gasteiger partial charge in [-0.05, 0) is 34.1 Å². The number of carboxylic acids is 1. The first-order valence-electron chi connectivity index (χ1n) is 6.91. The first kappa shape index (κ1) is 17.4. The lowest BCUT2D eigenvalue weighted by Crippen LogP contribution is -2.48. The fourth-order valence-electron chi connectivity index (χ4n) is 1.92. The lowest BCUT2D eigenvalue weighted by molar-refractivity contribution is -0.137. The number of carbonyl (C=O) groups is 2. The number of amides is 2. The van der Waals surface area contributed by atoms with Gasteiger partial charge in [0.15, 0.2) is 5.13 Å². The molecule has 7 heteroatoms. The van der Waals surface area contributed by atoms with E-state index in [1.165, 1.54) is 16.2 Å². The number of hydrogen-bond donors (Lipinski definition) is 2. The van der Waals surface area contributed by atoms with Crippen LogP contribution in [0.1, 0.15) is 44.7 Å². The standard InChI is InChI=1S/C14H23N3O3S/c1-6-10-9(2)21-12(15-10)16-13(20)17(14(3,4)5)8-7-11(18)19/h6-8H2,1-5H3,(H,18,19)(H,15,16,20). The maximum atomic E-state index is 12.4. The zero-order valence-corrected chi connectivity index (χ0v) is 14.0. The first-order valence-corrected chi connectivity index (χ1v) is 7.73. The molecule has 0 fully saturated rings. The number of aliphatic carboxylic acids is 1. The Morgan fingerprint density at radius 3 is 2.43 bits per heavy atom. The average molecular weight is 313 g/mol. The van der Waals surface area contributed by atoms with Gasteiger partial charge in [-0.25, -0.2) is 9.78 Å². The van der Waals surface area contributed by atoms with Crippen molar-refractivity contribution >= 4 is 28.5 Å². The van der Waals surface area contributed by atoms with Gasteiger partial charge in [-0.2, -0.15) is 0 Å². The summed E-state index contributed by atoms with van der Waals surface area (Å²) in [4.78, 5) is 30.1. The van der Waals surface area contributed by atoms with E-state index in [0.717, 1.165) is 17.0 Å². The number of carbonyl (C=O) groups excluding carboxylic acids is 1. The van der Waals surface area contributed by atoms with Crippen LogP contribution < -0.4 is 5.32 Å². The Labute approximate surface area is 129 Å². The van der Waals surface area contributed by atoms with E-state index < -0.39 is 11.5 Å². The molecule has 1 rings (SSSR count). The van der Waals surface area contributed by atoms with Crippen molar-refractivity contribution in [2.45, 2.75) is 53.0 Å². The van der Waals surface area contributed by atoms with E-state index >= 15 is 0 Å². The van der Waals surface area contributed by atoms with Crippen LogP contribution >= 0.6 is 11.3 Å². The second-order valence-corrected chi connectivity index (χ2v) is 6.97. The predicted octanol–water partition coefficient (Wildman–Crippen LogP) is 3.12. The highest BCUT2D eigenvalue weighted by atomic mass is 32.1. The minimum absolute atomic E-state index is 0.0816. The Morgan fingerprint density at radius 1 is 1.38 bits per heavy atom. The van der Waals surface area contributed by atoms with Crippen molar-refractivity contribution < 1.29 is 14.7 Å². The van der Waals surface area contributed by atoms with Crippen molar-refractivity contribution in [2.24, 2.45) is 0 Å². The van der Waals surface area contributed by atoms with E-state index in [1.54, 1.807) is 0 Å². The van der Waals surface area contributed by atoms with Gasteiger partial charge in [-0.1, -0.05) is 6.92 Å². The summed E-state index contributed by atoms with van der Waals surface area (Å²) in [7, 11) is 0. The highest BCUT2D eigenvalue weighted by Crippen LogP contribution is 2.24. The summed E-state index contributed by atoms with van der Waals surface area (Å²) in [6, 6.07) is -0.319.